The van der Waals surface area contributed by atoms with Gasteiger partial charge in [-0.3, -0.25) is 0 Å². The molecule has 0 aliphatic rings. The first-order valence-electron chi connectivity index (χ1n) is 6.01. The Balaban J connectivity index is 2.15. The zero-order valence-corrected chi connectivity index (χ0v) is 10.4. The summed E-state index contributed by atoms with van der Waals surface area (Å²) in [7, 11) is 0. The summed E-state index contributed by atoms with van der Waals surface area (Å²) in [5, 5.41) is 0. The molecular formula is C15H15F2N2+. The van der Waals surface area contributed by atoms with Crippen molar-refractivity contribution in [1.82, 2.24) is 0 Å². The summed E-state index contributed by atoms with van der Waals surface area (Å²) in [5.74, 6) is -0.887. The van der Waals surface area contributed by atoms with Crippen molar-refractivity contribution in [3.05, 3.63) is 65.5 Å². The fourth-order valence-electron chi connectivity index (χ4n) is 1.71. The highest BCUT2D eigenvalue weighted by atomic mass is 19.1. The van der Waals surface area contributed by atoms with Crippen LogP contribution in [0.3, 0.4) is 0 Å². The molecule has 0 aliphatic carbocycles. The van der Waals surface area contributed by atoms with Crippen LogP contribution in [0.25, 0.3) is 12.2 Å². The largest absolute Gasteiger partial charge is 0.325 e. The van der Waals surface area contributed by atoms with Gasteiger partial charge in [0.05, 0.1) is 6.54 Å². The molecule has 4 heteroatoms. The Morgan fingerprint density at radius 2 is 1.79 bits per heavy atom. The predicted molar refractivity (Wildman–Crippen MR) is 71.0 cm³/mol. The van der Waals surface area contributed by atoms with E-state index in [9.17, 15) is 8.78 Å². The molecule has 2 rings (SSSR count). The van der Waals surface area contributed by atoms with E-state index in [0.29, 0.717) is 6.54 Å². The van der Waals surface area contributed by atoms with Crippen LogP contribution in [-0.2, 0) is 6.54 Å². The van der Waals surface area contributed by atoms with Gasteiger partial charge in [0, 0.05) is 17.7 Å². The van der Waals surface area contributed by atoms with E-state index in [-0.39, 0.29) is 5.56 Å². The highest BCUT2D eigenvalue weighted by Gasteiger charge is 2.01. The molecule has 19 heavy (non-hydrogen) atoms. The summed E-state index contributed by atoms with van der Waals surface area (Å²) >= 11 is 0. The van der Waals surface area contributed by atoms with E-state index in [1.807, 2.05) is 29.1 Å². The Labute approximate surface area is 110 Å². The van der Waals surface area contributed by atoms with Crippen LogP contribution in [0, 0.1) is 11.6 Å². The molecule has 0 radical (unpaired) electrons. The van der Waals surface area contributed by atoms with Crippen LogP contribution >= 0.6 is 0 Å². The number of rotatable bonds is 4. The van der Waals surface area contributed by atoms with Crippen LogP contribution in [0.15, 0.2) is 42.7 Å². The maximum Gasteiger partial charge on any atom is 0.169 e. The highest BCUT2D eigenvalue weighted by Crippen LogP contribution is 2.13. The summed E-state index contributed by atoms with van der Waals surface area (Å²) < 4.78 is 28.4. The topological polar surface area (TPSA) is 29.9 Å². The maximum atomic E-state index is 13.4. The molecule has 98 valence electrons. The minimum atomic E-state index is -0.449. The second-order valence-corrected chi connectivity index (χ2v) is 4.16. The van der Waals surface area contributed by atoms with Gasteiger partial charge in [-0.2, -0.15) is 0 Å². The normalized spacial score (nSPS) is 11.1. The van der Waals surface area contributed by atoms with Crippen molar-refractivity contribution in [1.29, 1.82) is 0 Å². The second kappa shape index (κ2) is 6.20. The average molecular weight is 261 g/mol. The third-order valence-corrected chi connectivity index (χ3v) is 2.72. The standard InChI is InChI=1S/C15H15F2N2/c16-14-3-4-15(17)13(11-14)2-1-12-5-8-19(9-6-12)10-7-18/h1-6,8-9,11H,7,10,18H2/q+1/b2-1+. The van der Waals surface area contributed by atoms with Crippen molar-refractivity contribution >= 4 is 12.2 Å². The smallest absolute Gasteiger partial charge is 0.169 e. The van der Waals surface area contributed by atoms with Gasteiger partial charge >= 0.3 is 0 Å². The Bertz CT molecular complexity index is 577. The Kier molecular flexibility index (Phi) is 4.36. The monoisotopic (exact) mass is 261 g/mol. The molecule has 0 aliphatic heterocycles. The fraction of sp³-hybridized carbons (Fsp3) is 0.133. The third kappa shape index (κ3) is 3.69. The first-order chi connectivity index (χ1) is 9.19. The molecule has 0 spiro atoms. The third-order valence-electron chi connectivity index (χ3n) is 2.72. The fourth-order valence-corrected chi connectivity index (χ4v) is 1.71. The number of pyridine rings is 1. The van der Waals surface area contributed by atoms with Crippen LogP contribution in [0.2, 0.25) is 0 Å². The highest BCUT2D eigenvalue weighted by molar-refractivity contribution is 5.69. The van der Waals surface area contributed by atoms with Gasteiger partial charge in [-0.15, -0.1) is 0 Å². The van der Waals surface area contributed by atoms with Gasteiger partial charge < -0.3 is 5.73 Å². The summed E-state index contributed by atoms with van der Waals surface area (Å²) in [6.45, 7) is 1.33. The molecule has 0 bridgehead atoms. The SMILES string of the molecule is NCC[n+]1ccc(/C=C/c2cc(F)ccc2F)cc1. The van der Waals surface area contributed by atoms with E-state index in [0.717, 1.165) is 24.2 Å². The quantitative estimate of drug-likeness (QED) is 0.841. The number of aromatic nitrogens is 1. The molecular weight excluding hydrogens is 246 g/mol. The van der Waals surface area contributed by atoms with Gasteiger partial charge in [-0.1, -0.05) is 12.2 Å². The molecule has 1 heterocycles. The lowest BCUT2D eigenvalue weighted by molar-refractivity contribution is -0.694. The van der Waals surface area contributed by atoms with E-state index in [2.05, 4.69) is 0 Å². The molecule has 0 fully saturated rings. The molecule has 0 saturated carbocycles. The first-order valence-corrected chi connectivity index (χ1v) is 6.01. The Hall–Kier alpha value is -2.07. The molecule has 2 N–H and O–H groups in total. The van der Waals surface area contributed by atoms with E-state index < -0.39 is 11.6 Å². The number of hydrogen-bond donors (Lipinski definition) is 1. The van der Waals surface area contributed by atoms with Crippen LogP contribution in [0.5, 0.6) is 0 Å². The molecule has 1 aromatic carbocycles. The molecule has 0 saturated heterocycles. The Morgan fingerprint density at radius 3 is 2.47 bits per heavy atom. The van der Waals surface area contributed by atoms with Crippen molar-refractivity contribution in [3.63, 3.8) is 0 Å². The van der Waals surface area contributed by atoms with Crippen molar-refractivity contribution in [2.75, 3.05) is 6.54 Å². The maximum absolute atomic E-state index is 13.4. The van der Waals surface area contributed by atoms with Gasteiger partial charge in [0.25, 0.3) is 0 Å². The first kappa shape index (κ1) is 13.4. The zero-order valence-electron chi connectivity index (χ0n) is 10.4. The molecule has 0 amide bonds. The summed E-state index contributed by atoms with van der Waals surface area (Å²) in [5.41, 5.74) is 6.60. The number of halogens is 2. The molecule has 2 nitrogen and oxygen atoms in total. The summed E-state index contributed by atoms with van der Waals surface area (Å²) in [6, 6.07) is 7.18. The Morgan fingerprint density at radius 1 is 1.05 bits per heavy atom. The van der Waals surface area contributed by atoms with Gasteiger partial charge in [0.1, 0.15) is 11.6 Å². The van der Waals surface area contributed by atoms with Gasteiger partial charge in [0.15, 0.2) is 18.9 Å². The van der Waals surface area contributed by atoms with Crippen molar-refractivity contribution in [3.8, 4) is 0 Å². The van der Waals surface area contributed by atoms with E-state index in [4.69, 9.17) is 5.73 Å². The minimum absolute atomic E-state index is 0.235. The van der Waals surface area contributed by atoms with E-state index in [1.165, 1.54) is 6.07 Å². The number of nitrogens with zero attached hydrogens (tertiary/aromatic N) is 1. The van der Waals surface area contributed by atoms with Gasteiger partial charge in [-0.05, 0) is 23.8 Å². The van der Waals surface area contributed by atoms with Crippen LogP contribution in [-0.4, -0.2) is 6.54 Å². The number of hydrogen-bond acceptors (Lipinski definition) is 1. The lowest BCUT2D eigenvalue weighted by atomic mass is 10.1. The van der Waals surface area contributed by atoms with Crippen molar-refractivity contribution in [2.45, 2.75) is 6.54 Å². The minimum Gasteiger partial charge on any atom is -0.325 e. The van der Waals surface area contributed by atoms with Crippen LogP contribution < -0.4 is 10.3 Å². The zero-order chi connectivity index (χ0) is 13.7. The predicted octanol–water partition coefficient (Wildman–Crippen LogP) is 2.38. The van der Waals surface area contributed by atoms with Gasteiger partial charge in [-0.25, -0.2) is 13.3 Å². The molecule has 0 atom stereocenters. The molecule has 1 aromatic heterocycles. The lowest BCUT2D eigenvalue weighted by Crippen LogP contribution is -2.36. The second-order valence-electron chi connectivity index (χ2n) is 4.16. The average Bonchev–Trinajstić information content (AvgIpc) is 2.42. The van der Waals surface area contributed by atoms with Crippen LogP contribution in [0.1, 0.15) is 11.1 Å². The van der Waals surface area contributed by atoms with Crippen molar-refractivity contribution < 1.29 is 13.3 Å². The number of benzene rings is 1. The van der Waals surface area contributed by atoms with Crippen LogP contribution in [0.4, 0.5) is 8.78 Å². The molecule has 0 unspecified atom stereocenters. The lowest BCUT2D eigenvalue weighted by Gasteiger charge is -1.97. The summed E-state index contributed by atoms with van der Waals surface area (Å²) in [4.78, 5) is 0. The number of nitrogens with two attached hydrogens (primary N) is 1. The van der Waals surface area contributed by atoms with E-state index in [1.54, 1.807) is 12.2 Å². The molecule has 2 aromatic rings. The van der Waals surface area contributed by atoms with Gasteiger partial charge in [0.2, 0.25) is 0 Å². The van der Waals surface area contributed by atoms with E-state index >= 15 is 0 Å². The van der Waals surface area contributed by atoms with Crippen molar-refractivity contribution in [2.24, 2.45) is 5.73 Å². The summed E-state index contributed by atoms with van der Waals surface area (Å²) in [6.07, 6.45) is 7.09.